The van der Waals surface area contributed by atoms with Gasteiger partial charge in [-0.3, -0.25) is 10.1 Å². The Morgan fingerprint density at radius 2 is 2.32 bits per heavy atom. The highest BCUT2D eigenvalue weighted by Gasteiger charge is 2.48. The zero-order chi connectivity index (χ0) is 16.3. The molecule has 118 valence electrons. The minimum absolute atomic E-state index is 0.306. The van der Waals surface area contributed by atoms with E-state index in [4.69, 9.17) is 9.47 Å². The Labute approximate surface area is 138 Å². The van der Waals surface area contributed by atoms with E-state index >= 15 is 0 Å². The number of nitrogens with one attached hydrogen (secondary N) is 1. The molecule has 1 aromatic rings. The van der Waals surface area contributed by atoms with E-state index in [1.165, 1.54) is 0 Å². The molecule has 2 rings (SSSR count). The van der Waals surface area contributed by atoms with E-state index in [0.29, 0.717) is 18.8 Å². The second-order valence-electron chi connectivity index (χ2n) is 5.52. The summed E-state index contributed by atoms with van der Waals surface area (Å²) in [4.78, 5) is 12.0. The molecule has 2 unspecified atom stereocenters. The van der Waals surface area contributed by atoms with Gasteiger partial charge in [0.25, 0.3) is 0 Å². The Morgan fingerprint density at radius 1 is 1.59 bits per heavy atom. The highest BCUT2D eigenvalue weighted by molar-refractivity contribution is 9.10. The first-order valence-electron chi connectivity index (χ1n) is 7.12. The fourth-order valence-corrected chi connectivity index (χ4v) is 3.23. The van der Waals surface area contributed by atoms with Gasteiger partial charge in [-0.25, -0.2) is 0 Å². The summed E-state index contributed by atoms with van der Waals surface area (Å²) >= 11 is 3.44. The van der Waals surface area contributed by atoms with Gasteiger partial charge in [-0.2, -0.15) is 5.26 Å². The third-order valence-electron chi connectivity index (χ3n) is 3.96. The summed E-state index contributed by atoms with van der Waals surface area (Å²) in [6, 6.07) is 7.19. The lowest BCUT2D eigenvalue weighted by Crippen LogP contribution is -2.34. The Kier molecular flexibility index (Phi) is 5.09. The predicted octanol–water partition coefficient (Wildman–Crippen LogP) is 2.95. The van der Waals surface area contributed by atoms with Crippen molar-refractivity contribution in [2.75, 3.05) is 13.7 Å². The zero-order valence-electron chi connectivity index (χ0n) is 12.9. The lowest BCUT2D eigenvalue weighted by atomic mass is 9.79. The molecule has 1 aliphatic heterocycles. The van der Waals surface area contributed by atoms with Crippen molar-refractivity contribution in [1.82, 2.24) is 5.32 Å². The van der Waals surface area contributed by atoms with Crippen LogP contribution in [-0.2, 0) is 9.53 Å². The first-order valence-corrected chi connectivity index (χ1v) is 7.92. The highest BCUT2D eigenvalue weighted by atomic mass is 79.9. The summed E-state index contributed by atoms with van der Waals surface area (Å²) in [7, 11) is 1.59. The van der Waals surface area contributed by atoms with E-state index in [1.54, 1.807) is 14.0 Å². The number of carbonyl (C=O) groups excluding carboxylic acids is 1. The van der Waals surface area contributed by atoms with E-state index in [2.05, 4.69) is 27.3 Å². The van der Waals surface area contributed by atoms with E-state index in [0.717, 1.165) is 10.0 Å². The quantitative estimate of drug-likeness (QED) is 0.829. The summed E-state index contributed by atoms with van der Waals surface area (Å²) in [5, 5.41) is 12.9. The predicted molar refractivity (Wildman–Crippen MR) is 85.3 cm³/mol. The van der Waals surface area contributed by atoms with Gasteiger partial charge in [-0.05, 0) is 38.5 Å². The topological polar surface area (TPSA) is 71.4 Å². The minimum atomic E-state index is -0.717. The fraction of sp³-hybridized carbons (Fsp3) is 0.500. The first kappa shape index (κ1) is 16.8. The van der Waals surface area contributed by atoms with Crippen LogP contribution in [0.2, 0.25) is 0 Å². The number of hydrogen-bond acceptors (Lipinski definition) is 5. The van der Waals surface area contributed by atoms with Crippen molar-refractivity contribution in [2.45, 2.75) is 32.4 Å². The van der Waals surface area contributed by atoms with Crippen molar-refractivity contribution in [3.05, 3.63) is 28.2 Å². The zero-order valence-corrected chi connectivity index (χ0v) is 14.4. The molecule has 0 spiro atoms. The number of rotatable bonds is 4. The van der Waals surface area contributed by atoms with Gasteiger partial charge in [0, 0.05) is 10.0 Å². The maximum Gasteiger partial charge on any atom is 0.323 e. The molecule has 0 radical (unpaired) electrons. The van der Waals surface area contributed by atoms with Gasteiger partial charge in [0.15, 0.2) is 0 Å². The molecule has 3 atom stereocenters. The van der Waals surface area contributed by atoms with Gasteiger partial charge in [0.2, 0.25) is 0 Å². The molecule has 1 aliphatic rings. The number of nitrogens with zero attached hydrogens (tertiary/aromatic N) is 1. The second kappa shape index (κ2) is 6.67. The molecule has 6 heteroatoms. The molecule has 0 aliphatic carbocycles. The SMILES string of the molecule is CCOC(=O)C1C[C@](C)(C#N)C(c2cc(Br)ccc2OC)N1. The molecule has 1 aromatic carbocycles. The van der Waals surface area contributed by atoms with Crippen LogP contribution in [0.4, 0.5) is 0 Å². The van der Waals surface area contributed by atoms with Gasteiger partial charge < -0.3 is 9.47 Å². The van der Waals surface area contributed by atoms with Crippen molar-refractivity contribution in [1.29, 1.82) is 5.26 Å². The van der Waals surface area contributed by atoms with Crippen molar-refractivity contribution in [3.63, 3.8) is 0 Å². The largest absolute Gasteiger partial charge is 0.496 e. The molecule has 5 nitrogen and oxygen atoms in total. The molecule has 1 fully saturated rings. The molecule has 0 aromatic heterocycles. The number of ether oxygens (including phenoxy) is 2. The van der Waals surface area contributed by atoms with E-state index in [1.807, 2.05) is 25.1 Å². The van der Waals surface area contributed by atoms with E-state index in [-0.39, 0.29) is 12.0 Å². The number of nitriles is 1. The van der Waals surface area contributed by atoms with Crippen molar-refractivity contribution >= 4 is 21.9 Å². The normalized spacial score (nSPS) is 27.2. The molecule has 1 heterocycles. The summed E-state index contributed by atoms with van der Waals surface area (Å²) in [5.41, 5.74) is 0.138. The minimum Gasteiger partial charge on any atom is -0.496 e. The fourth-order valence-electron chi connectivity index (χ4n) is 2.85. The molecule has 22 heavy (non-hydrogen) atoms. The van der Waals surface area contributed by atoms with Gasteiger partial charge in [-0.1, -0.05) is 15.9 Å². The third-order valence-corrected chi connectivity index (χ3v) is 4.46. The van der Waals surface area contributed by atoms with Crippen LogP contribution in [0.3, 0.4) is 0 Å². The molecular formula is C16H19BrN2O3. The number of carbonyl (C=O) groups is 1. The van der Waals surface area contributed by atoms with Crippen molar-refractivity contribution in [2.24, 2.45) is 5.41 Å². The van der Waals surface area contributed by atoms with Crippen LogP contribution in [0.25, 0.3) is 0 Å². The maximum absolute atomic E-state index is 12.0. The average Bonchev–Trinajstić information content (AvgIpc) is 2.86. The van der Waals surface area contributed by atoms with Crippen LogP contribution < -0.4 is 10.1 Å². The van der Waals surface area contributed by atoms with E-state index < -0.39 is 11.5 Å². The molecule has 0 bridgehead atoms. The number of halogens is 1. The van der Waals surface area contributed by atoms with Crippen LogP contribution in [0.5, 0.6) is 5.75 Å². The Balaban J connectivity index is 2.39. The smallest absolute Gasteiger partial charge is 0.323 e. The number of benzene rings is 1. The summed E-state index contributed by atoms with van der Waals surface area (Å²) in [6.45, 7) is 3.94. The lowest BCUT2D eigenvalue weighted by Gasteiger charge is -2.25. The molecule has 0 saturated carbocycles. The molecule has 0 amide bonds. The number of hydrogen-bond donors (Lipinski definition) is 1. The second-order valence-corrected chi connectivity index (χ2v) is 6.44. The first-order chi connectivity index (χ1) is 10.4. The van der Waals surface area contributed by atoms with Crippen LogP contribution in [-0.4, -0.2) is 25.7 Å². The van der Waals surface area contributed by atoms with Crippen LogP contribution >= 0.6 is 15.9 Å². The third kappa shape index (κ3) is 3.11. The standard InChI is InChI=1S/C16H19BrN2O3/c1-4-22-15(20)12-8-16(2,9-18)14(19-12)11-7-10(17)5-6-13(11)21-3/h5-7,12,14,19H,4,8H2,1-3H3/t12?,14?,16-/m1/s1. The average molecular weight is 367 g/mol. The summed E-state index contributed by atoms with van der Waals surface area (Å²) in [6.07, 6.45) is 0.405. The lowest BCUT2D eigenvalue weighted by molar-refractivity contribution is -0.145. The number of methoxy groups -OCH3 is 1. The van der Waals surface area contributed by atoms with E-state index in [9.17, 15) is 10.1 Å². The van der Waals surface area contributed by atoms with Gasteiger partial charge in [0.1, 0.15) is 11.8 Å². The van der Waals surface area contributed by atoms with Gasteiger partial charge >= 0.3 is 5.97 Å². The Hall–Kier alpha value is -1.58. The van der Waals surface area contributed by atoms with Crippen LogP contribution in [0.15, 0.2) is 22.7 Å². The van der Waals surface area contributed by atoms with Crippen molar-refractivity contribution < 1.29 is 14.3 Å². The van der Waals surface area contributed by atoms with Crippen molar-refractivity contribution in [3.8, 4) is 11.8 Å². The number of esters is 1. The molecule has 1 N–H and O–H groups in total. The molecular weight excluding hydrogens is 348 g/mol. The van der Waals surface area contributed by atoms with Crippen LogP contribution in [0.1, 0.15) is 31.9 Å². The molecule has 1 saturated heterocycles. The maximum atomic E-state index is 12.0. The Bertz CT molecular complexity index is 614. The summed E-state index contributed by atoms with van der Waals surface area (Å²) < 4.78 is 11.4. The monoisotopic (exact) mass is 366 g/mol. The summed E-state index contributed by atoms with van der Waals surface area (Å²) in [5.74, 6) is 0.368. The van der Waals surface area contributed by atoms with Crippen LogP contribution in [0, 0.1) is 16.7 Å². The van der Waals surface area contributed by atoms with Gasteiger partial charge in [0.05, 0.1) is 31.2 Å². The highest BCUT2D eigenvalue weighted by Crippen LogP contribution is 2.46. The Morgan fingerprint density at radius 3 is 2.91 bits per heavy atom. The van der Waals surface area contributed by atoms with Gasteiger partial charge in [-0.15, -0.1) is 0 Å².